The van der Waals surface area contributed by atoms with E-state index in [2.05, 4.69) is 63.4 Å². The van der Waals surface area contributed by atoms with Crippen LogP contribution in [0.3, 0.4) is 0 Å². The summed E-state index contributed by atoms with van der Waals surface area (Å²) in [6.45, 7) is 1.54. The van der Waals surface area contributed by atoms with Crippen molar-refractivity contribution >= 4 is 16.9 Å². The van der Waals surface area contributed by atoms with E-state index in [4.69, 9.17) is 4.98 Å². The Labute approximate surface area is 176 Å². The van der Waals surface area contributed by atoms with Gasteiger partial charge in [0.1, 0.15) is 11.5 Å². The quantitative estimate of drug-likeness (QED) is 0.425. The number of amides is 1. The topological polar surface area (TPSA) is 59.8 Å². The summed E-state index contributed by atoms with van der Waals surface area (Å²) in [6, 6.07) is 24.2. The van der Waals surface area contributed by atoms with Crippen LogP contribution in [0, 0.1) is 0 Å². The minimum atomic E-state index is -0.132. The summed E-state index contributed by atoms with van der Waals surface area (Å²) in [5, 5.41) is 2.95. The second kappa shape index (κ2) is 9.83. The van der Waals surface area contributed by atoms with Crippen LogP contribution < -0.4 is 5.32 Å². The van der Waals surface area contributed by atoms with Gasteiger partial charge in [0.05, 0.1) is 11.0 Å². The van der Waals surface area contributed by atoms with Crippen LogP contribution >= 0.6 is 0 Å². The molecule has 152 valence electrons. The van der Waals surface area contributed by atoms with Gasteiger partial charge in [0.2, 0.25) is 0 Å². The highest BCUT2D eigenvalue weighted by Crippen LogP contribution is 2.18. The zero-order chi connectivity index (χ0) is 20.6. The first-order chi connectivity index (χ1) is 14.8. The summed E-state index contributed by atoms with van der Waals surface area (Å²) in [5.41, 5.74) is 4.02. The van der Waals surface area contributed by atoms with Crippen LogP contribution in [0.2, 0.25) is 0 Å². The number of nitrogens with zero attached hydrogens (tertiary/aromatic N) is 3. The molecule has 2 aromatic carbocycles. The van der Waals surface area contributed by atoms with Gasteiger partial charge in [-0.1, -0.05) is 48.5 Å². The second-order valence-electron chi connectivity index (χ2n) is 7.33. The molecule has 5 heteroatoms. The standard InChI is InChI=1S/C25H26N4O/c30-25(22-14-6-7-17-26-22)27-18-8-16-24-28-21-13-4-5-15-23(21)29(24)19-9-12-20-10-2-1-3-11-20/h1-7,10-11,13-15,17H,8-9,12,16,18-19H2,(H,27,30). The summed E-state index contributed by atoms with van der Waals surface area (Å²) >= 11 is 0. The highest BCUT2D eigenvalue weighted by molar-refractivity contribution is 5.92. The molecular weight excluding hydrogens is 372 g/mol. The van der Waals surface area contributed by atoms with Crippen LogP contribution in [0.5, 0.6) is 0 Å². The second-order valence-corrected chi connectivity index (χ2v) is 7.33. The Hall–Kier alpha value is -3.47. The van der Waals surface area contributed by atoms with Gasteiger partial charge in [0, 0.05) is 25.7 Å². The van der Waals surface area contributed by atoms with Gasteiger partial charge in [-0.3, -0.25) is 9.78 Å². The van der Waals surface area contributed by atoms with Crippen molar-refractivity contribution in [1.29, 1.82) is 0 Å². The molecule has 0 saturated heterocycles. The SMILES string of the molecule is O=C(NCCCc1nc2ccccc2n1CCCc1ccccc1)c1ccccn1. The third kappa shape index (κ3) is 4.92. The zero-order valence-electron chi connectivity index (χ0n) is 17.0. The first kappa shape index (κ1) is 19.8. The lowest BCUT2D eigenvalue weighted by atomic mass is 10.1. The first-order valence-corrected chi connectivity index (χ1v) is 10.5. The molecule has 1 N–H and O–H groups in total. The number of para-hydroxylation sites is 2. The monoisotopic (exact) mass is 398 g/mol. The number of aryl methyl sites for hydroxylation is 3. The molecule has 4 aromatic rings. The van der Waals surface area contributed by atoms with Gasteiger partial charge in [0.15, 0.2) is 0 Å². The Morgan fingerprint density at radius 2 is 1.67 bits per heavy atom. The Morgan fingerprint density at radius 1 is 0.867 bits per heavy atom. The van der Waals surface area contributed by atoms with Gasteiger partial charge in [-0.25, -0.2) is 4.98 Å². The van der Waals surface area contributed by atoms with Crippen LogP contribution in [-0.2, 0) is 19.4 Å². The third-order valence-corrected chi connectivity index (χ3v) is 5.18. The molecule has 0 bridgehead atoms. The average molecular weight is 399 g/mol. The Balaban J connectivity index is 1.36. The van der Waals surface area contributed by atoms with E-state index in [9.17, 15) is 4.79 Å². The fourth-order valence-corrected chi connectivity index (χ4v) is 3.69. The number of hydrogen-bond acceptors (Lipinski definition) is 3. The zero-order valence-corrected chi connectivity index (χ0v) is 17.0. The summed E-state index contributed by atoms with van der Waals surface area (Å²) in [5.74, 6) is 0.948. The number of imidazole rings is 1. The van der Waals surface area contributed by atoms with Crippen molar-refractivity contribution in [2.75, 3.05) is 6.54 Å². The summed E-state index contributed by atoms with van der Waals surface area (Å²) in [4.78, 5) is 21.1. The number of carbonyl (C=O) groups excluding carboxylic acids is 1. The number of pyridine rings is 1. The van der Waals surface area contributed by atoms with E-state index in [-0.39, 0.29) is 5.91 Å². The molecule has 1 amide bonds. The van der Waals surface area contributed by atoms with Crippen molar-refractivity contribution in [2.24, 2.45) is 0 Å². The molecule has 0 unspecified atom stereocenters. The predicted octanol–water partition coefficient (Wildman–Crippen LogP) is 4.43. The Kier molecular flexibility index (Phi) is 6.50. The normalized spacial score (nSPS) is 10.9. The molecule has 0 fully saturated rings. The number of rotatable bonds is 9. The molecule has 2 heterocycles. The van der Waals surface area contributed by atoms with Crippen molar-refractivity contribution in [3.8, 4) is 0 Å². The van der Waals surface area contributed by atoms with Gasteiger partial charge < -0.3 is 9.88 Å². The molecule has 4 rings (SSSR count). The Bertz CT molecular complexity index is 1090. The molecule has 0 aliphatic heterocycles. The van der Waals surface area contributed by atoms with E-state index >= 15 is 0 Å². The van der Waals surface area contributed by atoms with Gasteiger partial charge in [-0.05, 0) is 49.1 Å². The molecular formula is C25H26N4O. The molecule has 0 aliphatic carbocycles. The maximum atomic E-state index is 12.1. The maximum absolute atomic E-state index is 12.1. The van der Waals surface area contributed by atoms with Crippen LogP contribution in [0.1, 0.15) is 34.7 Å². The van der Waals surface area contributed by atoms with Crippen LogP contribution in [0.25, 0.3) is 11.0 Å². The van der Waals surface area contributed by atoms with E-state index in [1.807, 2.05) is 12.1 Å². The third-order valence-electron chi connectivity index (χ3n) is 5.18. The number of benzene rings is 2. The molecule has 5 nitrogen and oxygen atoms in total. The molecule has 0 aliphatic rings. The number of fused-ring (bicyclic) bond motifs is 1. The average Bonchev–Trinajstić information content (AvgIpc) is 3.15. The summed E-state index contributed by atoms with van der Waals surface area (Å²) in [6.07, 6.45) is 5.40. The van der Waals surface area contributed by atoms with Crippen molar-refractivity contribution < 1.29 is 4.79 Å². The minimum absolute atomic E-state index is 0.132. The number of nitrogens with one attached hydrogen (secondary N) is 1. The predicted molar refractivity (Wildman–Crippen MR) is 119 cm³/mol. The van der Waals surface area contributed by atoms with E-state index in [1.54, 1.807) is 18.3 Å². The first-order valence-electron chi connectivity index (χ1n) is 10.5. The van der Waals surface area contributed by atoms with Crippen molar-refractivity contribution in [3.63, 3.8) is 0 Å². The lowest BCUT2D eigenvalue weighted by molar-refractivity contribution is 0.0948. The largest absolute Gasteiger partial charge is 0.351 e. The number of hydrogen-bond donors (Lipinski definition) is 1. The maximum Gasteiger partial charge on any atom is 0.269 e. The van der Waals surface area contributed by atoms with E-state index in [0.717, 1.165) is 43.6 Å². The van der Waals surface area contributed by atoms with Crippen molar-refractivity contribution in [3.05, 3.63) is 96.1 Å². The molecule has 30 heavy (non-hydrogen) atoms. The minimum Gasteiger partial charge on any atom is -0.351 e. The lowest BCUT2D eigenvalue weighted by Gasteiger charge is -2.10. The van der Waals surface area contributed by atoms with Gasteiger partial charge in [0.25, 0.3) is 5.91 Å². The molecule has 0 atom stereocenters. The van der Waals surface area contributed by atoms with E-state index in [1.165, 1.54) is 11.1 Å². The fourth-order valence-electron chi connectivity index (χ4n) is 3.69. The summed E-state index contributed by atoms with van der Waals surface area (Å²) < 4.78 is 2.33. The fraction of sp³-hybridized carbons (Fsp3) is 0.240. The highest BCUT2D eigenvalue weighted by atomic mass is 16.1. The van der Waals surface area contributed by atoms with Gasteiger partial charge in [-0.2, -0.15) is 0 Å². The van der Waals surface area contributed by atoms with Crippen molar-refractivity contribution in [2.45, 2.75) is 32.2 Å². The number of carbonyl (C=O) groups is 1. The Morgan fingerprint density at radius 3 is 2.50 bits per heavy atom. The van der Waals surface area contributed by atoms with Gasteiger partial charge >= 0.3 is 0 Å². The number of aromatic nitrogens is 3. The molecule has 0 spiro atoms. The van der Waals surface area contributed by atoms with Crippen molar-refractivity contribution in [1.82, 2.24) is 19.9 Å². The van der Waals surface area contributed by atoms with Crippen LogP contribution in [0.4, 0.5) is 0 Å². The molecule has 0 radical (unpaired) electrons. The van der Waals surface area contributed by atoms with E-state index < -0.39 is 0 Å². The van der Waals surface area contributed by atoms with Crippen LogP contribution in [-0.4, -0.2) is 27.0 Å². The highest BCUT2D eigenvalue weighted by Gasteiger charge is 2.11. The van der Waals surface area contributed by atoms with E-state index in [0.29, 0.717) is 12.2 Å². The smallest absolute Gasteiger partial charge is 0.269 e. The summed E-state index contributed by atoms with van der Waals surface area (Å²) in [7, 11) is 0. The van der Waals surface area contributed by atoms with Gasteiger partial charge in [-0.15, -0.1) is 0 Å². The molecule has 0 saturated carbocycles. The lowest BCUT2D eigenvalue weighted by Crippen LogP contribution is -2.25. The van der Waals surface area contributed by atoms with Crippen LogP contribution in [0.15, 0.2) is 79.0 Å². The molecule has 2 aromatic heterocycles.